The summed E-state index contributed by atoms with van der Waals surface area (Å²) >= 11 is 0. The highest BCUT2D eigenvalue weighted by molar-refractivity contribution is 6.05. The molecule has 1 spiro atoms. The fourth-order valence-electron chi connectivity index (χ4n) is 4.74. The van der Waals surface area contributed by atoms with E-state index in [1.54, 1.807) is 6.08 Å². The number of halogens is 1. The molecular formula is C25H15F. The Morgan fingerprint density at radius 1 is 0.654 bits per heavy atom. The van der Waals surface area contributed by atoms with Gasteiger partial charge in [-0.05, 0) is 62.8 Å². The van der Waals surface area contributed by atoms with E-state index in [4.69, 9.17) is 0 Å². The van der Waals surface area contributed by atoms with Gasteiger partial charge in [-0.2, -0.15) is 0 Å². The molecule has 0 aliphatic heterocycles. The molecule has 4 aliphatic rings. The molecule has 26 heavy (non-hydrogen) atoms. The van der Waals surface area contributed by atoms with Crippen LogP contribution in [0.3, 0.4) is 0 Å². The van der Waals surface area contributed by atoms with E-state index >= 15 is 4.39 Å². The van der Waals surface area contributed by atoms with Crippen LogP contribution in [0.5, 0.6) is 0 Å². The summed E-state index contributed by atoms with van der Waals surface area (Å²) in [4.78, 5) is 0. The standard InChI is InChI=1S/C25H15F/c26-24-12-11-21-19-9-4-2-7-17(19)15-23(21)25(24)13-5-10-20-18-8-3-1-6-16(18)14-22(20)25/h1-15H. The van der Waals surface area contributed by atoms with E-state index in [2.05, 4.69) is 42.5 Å². The number of hydrogen-bond donors (Lipinski definition) is 0. The van der Waals surface area contributed by atoms with Crippen LogP contribution in [0.25, 0.3) is 23.3 Å². The van der Waals surface area contributed by atoms with Crippen molar-refractivity contribution >= 4 is 23.3 Å². The van der Waals surface area contributed by atoms with Crippen molar-refractivity contribution in [2.45, 2.75) is 0 Å². The molecule has 0 radical (unpaired) electrons. The van der Waals surface area contributed by atoms with Crippen LogP contribution in [0.1, 0.15) is 22.3 Å². The second kappa shape index (κ2) is 4.70. The molecule has 6 rings (SSSR count). The third kappa shape index (κ3) is 1.54. The molecule has 0 N–H and O–H groups in total. The lowest BCUT2D eigenvalue weighted by atomic mass is 9.65. The molecule has 0 fully saturated rings. The highest BCUT2D eigenvalue weighted by atomic mass is 19.1. The van der Waals surface area contributed by atoms with E-state index < -0.39 is 5.41 Å². The molecule has 0 nitrogen and oxygen atoms in total. The van der Waals surface area contributed by atoms with E-state index in [9.17, 15) is 0 Å². The summed E-state index contributed by atoms with van der Waals surface area (Å²) < 4.78 is 15.5. The average molecular weight is 334 g/mol. The summed E-state index contributed by atoms with van der Waals surface area (Å²) in [5.41, 5.74) is 8.21. The minimum atomic E-state index is -0.827. The van der Waals surface area contributed by atoms with Crippen LogP contribution in [0.4, 0.5) is 4.39 Å². The second-order valence-corrected chi connectivity index (χ2v) is 7.13. The lowest BCUT2D eigenvalue weighted by molar-refractivity contribution is 0.485. The van der Waals surface area contributed by atoms with Gasteiger partial charge in [0.05, 0.1) is 5.41 Å². The van der Waals surface area contributed by atoms with Gasteiger partial charge >= 0.3 is 0 Å². The molecule has 1 heteroatoms. The molecule has 0 saturated heterocycles. The van der Waals surface area contributed by atoms with Gasteiger partial charge in [-0.1, -0.05) is 72.8 Å². The lowest BCUT2D eigenvalue weighted by Crippen LogP contribution is -2.27. The number of hydrogen-bond acceptors (Lipinski definition) is 0. The summed E-state index contributed by atoms with van der Waals surface area (Å²) in [7, 11) is 0. The Labute approximate surface area is 151 Å². The summed E-state index contributed by atoms with van der Waals surface area (Å²) in [5, 5.41) is 0. The predicted octanol–water partition coefficient (Wildman–Crippen LogP) is 6.37. The fraction of sp³-hybridized carbons (Fsp3) is 0.0400. The van der Waals surface area contributed by atoms with Crippen molar-refractivity contribution in [1.29, 1.82) is 0 Å². The zero-order valence-electron chi connectivity index (χ0n) is 14.0. The van der Waals surface area contributed by atoms with Crippen molar-refractivity contribution in [2.75, 3.05) is 0 Å². The van der Waals surface area contributed by atoms with Gasteiger partial charge in [0.2, 0.25) is 0 Å². The van der Waals surface area contributed by atoms with Crippen molar-refractivity contribution in [3.8, 4) is 0 Å². The topological polar surface area (TPSA) is 0 Å². The van der Waals surface area contributed by atoms with Crippen molar-refractivity contribution in [3.63, 3.8) is 0 Å². The van der Waals surface area contributed by atoms with Crippen molar-refractivity contribution in [2.24, 2.45) is 5.41 Å². The van der Waals surface area contributed by atoms with Gasteiger partial charge in [0.15, 0.2) is 0 Å². The Bertz CT molecular complexity index is 1160. The summed E-state index contributed by atoms with van der Waals surface area (Å²) in [5.74, 6) is -0.110. The molecule has 0 amide bonds. The van der Waals surface area contributed by atoms with Gasteiger partial charge in [-0.3, -0.25) is 0 Å². The first kappa shape index (κ1) is 14.0. The van der Waals surface area contributed by atoms with Crippen LogP contribution in [0.2, 0.25) is 0 Å². The summed E-state index contributed by atoms with van der Waals surface area (Å²) in [6, 6.07) is 16.6. The lowest BCUT2D eigenvalue weighted by Gasteiger charge is -2.38. The van der Waals surface area contributed by atoms with Gasteiger partial charge in [0.25, 0.3) is 0 Å². The third-order valence-electron chi connectivity index (χ3n) is 5.91. The first-order valence-corrected chi connectivity index (χ1v) is 8.90. The van der Waals surface area contributed by atoms with Crippen molar-refractivity contribution in [3.05, 3.63) is 118 Å². The Hall–Kier alpha value is -3.19. The Balaban J connectivity index is 1.63. The molecule has 2 aromatic rings. The Morgan fingerprint density at radius 2 is 1.23 bits per heavy atom. The molecule has 1 unspecified atom stereocenters. The van der Waals surface area contributed by atoms with Gasteiger partial charge in [-0.15, -0.1) is 0 Å². The number of fused-ring (bicyclic) bond motifs is 8. The second-order valence-electron chi connectivity index (χ2n) is 7.13. The molecule has 2 aromatic carbocycles. The highest BCUT2D eigenvalue weighted by Gasteiger charge is 2.48. The van der Waals surface area contributed by atoms with E-state index in [-0.39, 0.29) is 5.83 Å². The molecule has 0 aromatic heterocycles. The van der Waals surface area contributed by atoms with E-state index in [0.29, 0.717) is 0 Å². The van der Waals surface area contributed by atoms with Gasteiger partial charge < -0.3 is 0 Å². The van der Waals surface area contributed by atoms with E-state index in [1.165, 1.54) is 11.1 Å². The molecule has 0 bridgehead atoms. The minimum Gasteiger partial charge on any atom is -0.210 e. The van der Waals surface area contributed by atoms with Gasteiger partial charge in [0, 0.05) is 0 Å². The van der Waals surface area contributed by atoms with Gasteiger partial charge in [-0.25, -0.2) is 4.39 Å². The predicted molar refractivity (Wildman–Crippen MR) is 106 cm³/mol. The first-order valence-electron chi connectivity index (χ1n) is 8.90. The van der Waals surface area contributed by atoms with E-state index in [0.717, 1.165) is 33.4 Å². The Kier molecular flexibility index (Phi) is 2.54. The maximum atomic E-state index is 15.5. The zero-order valence-corrected chi connectivity index (χ0v) is 14.0. The van der Waals surface area contributed by atoms with Crippen LogP contribution >= 0.6 is 0 Å². The fourth-order valence-corrected chi connectivity index (χ4v) is 4.74. The monoisotopic (exact) mass is 334 g/mol. The largest absolute Gasteiger partial charge is 0.210 e. The highest BCUT2D eigenvalue weighted by Crippen LogP contribution is 2.61. The minimum absolute atomic E-state index is 0.110. The smallest absolute Gasteiger partial charge is 0.119 e. The van der Waals surface area contributed by atoms with Crippen molar-refractivity contribution < 1.29 is 4.39 Å². The molecule has 122 valence electrons. The van der Waals surface area contributed by atoms with Crippen molar-refractivity contribution in [1.82, 2.24) is 0 Å². The van der Waals surface area contributed by atoms with Crippen LogP contribution in [-0.4, -0.2) is 0 Å². The number of benzene rings is 2. The normalized spacial score (nSPS) is 24.0. The van der Waals surface area contributed by atoms with Crippen LogP contribution in [0.15, 0.2) is 95.9 Å². The first-order chi connectivity index (χ1) is 12.8. The number of rotatable bonds is 0. The molecule has 4 aliphatic carbocycles. The zero-order chi connectivity index (χ0) is 17.3. The quantitative estimate of drug-likeness (QED) is 0.525. The SMILES string of the molecule is FC1=CC=C2C(=Cc3ccccc32)C12C=CC=C1C2=Cc2ccccc21. The maximum Gasteiger partial charge on any atom is 0.119 e. The summed E-state index contributed by atoms with van der Waals surface area (Å²) in [6.07, 6.45) is 14.0. The van der Waals surface area contributed by atoms with Gasteiger partial charge in [0.1, 0.15) is 5.83 Å². The maximum absolute atomic E-state index is 15.5. The molecular weight excluding hydrogens is 319 g/mol. The van der Waals surface area contributed by atoms with Crippen LogP contribution in [-0.2, 0) is 0 Å². The van der Waals surface area contributed by atoms with Crippen LogP contribution in [0, 0.1) is 5.41 Å². The van der Waals surface area contributed by atoms with E-state index in [1.807, 2.05) is 42.5 Å². The molecule has 1 atom stereocenters. The average Bonchev–Trinajstić information content (AvgIpc) is 3.24. The third-order valence-corrected chi connectivity index (χ3v) is 5.91. The molecule has 0 saturated carbocycles. The number of allylic oxidation sites excluding steroid dienone is 10. The Morgan fingerprint density at radius 3 is 1.88 bits per heavy atom. The molecule has 0 heterocycles. The summed E-state index contributed by atoms with van der Waals surface area (Å²) in [6.45, 7) is 0. The van der Waals surface area contributed by atoms with Crippen LogP contribution < -0.4 is 0 Å².